The first kappa shape index (κ1) is 23.6. The molecular formula is C27H28FNO5. The molecule has 3 aromatic carbocycles. The van der Waals surface area contributed by atoms with Crippen LogP contribution in [0, 0.1) is 5.82 Å². The quantitative estimate of drug-likeness (QED) is 0.577. The Balaban J connectivity index is 1.50. The smallest absolute Gasteiger partial charge is 0.260 e. The Morgan fingerprint density at radius 2 is 1.79 bits per heavy atom. The van der Waals surface area contributed by atoms with Gasteiger partial charge in [0.15, 0.2) is 6.61 Å². The first-order valence-electron chi connectivity index (χ1n) is 11.2. The summed E-state index contributed by atoms with van der Waals surface area (Å²) in [4.78, 5) is 14.7. The molecule has 0 spiro atoms. The van der Waals surface area contributed by atoms with Gasteiger partial charge in [-0.15, -0.1) is 0 Å². The van der Waals surface area contributed by atoms with Crippen molar-refractivity contribution >= 4 is 5.91 Å². The highest BCUT2D eigenvalue weighted by atomic mass is 19.1. The van der Waals surface area contributed by atoms with E-state index >= 15 is 0 Å². The maximum Gasteiger partial charge on any atom is 0.260 e. The van der Waals surface area contributed by atoms with Crippen molar-refractivity contribution in [2.45, 2.75) is 13.0 Å². The molecular weight excluding hydrogens is 437 g/mol. The first-order chi connectivity index (χ1) is 16.6. The number of benzene rings is 3. The molecule has 178 valence electrons. The summed E-state index contributed by atoms with van der Waals surface area (Å²) in [7, 11) is 1.58. The van der Waals surface area contributed by atoms with Crippen LogP contribution >= 0.6 is 0 Å². The summed E-state index contributed by atoms with van der Waals surface area (Å²) in [6, 6.07) is 19.7. The molecule has 0 aliphatic carbocycles. The molecule has 34 heavy (non-hydrogen) atoms. The van der Waals surface area contributed by atoms with Crippen molar-refractivity contribution in [3.63, 3.8) is 0 Å². The van der Waals surface area contributed by atoms with E-state index in [0.29, 0.717) is 56.6 Å². The van der Waals surface area contributed by atoms with Crippen LogP contribution in [0.3, 0.4) is 0 Å². The van der Waals surface area contributed by atoms with E-state index in [1.165, 1.54) is 12.1 Å². The molecule has 1 amide bonds. The van der Waals surface area contributed by atoms with Crippen LogP contribution in [0.5, 0.6) is 17.2 Å². The molecule has 6 nitrogen and oxygen atoms in total. The van der Waals surface area contributed by atoms with Crippen molar-refractivity contribution in [1.82, 2.24) is 4.90 Å². The van der Waals surface area contributed by atoms with Gasteiger partial charge >= 0.3 is 0 Å². The Morgan fingerprint density at radius 1 is 0.971 bits per heavy atom. The van der Waals surface area contributed by atoms with E-state index in [4.69, 9.17) is 18.9 Å². The molecule has 3 aromatic rings. The molecule has 4 rings (SSSR count). The number of methoxy groups -OCH3 is 1. The van der Waals surface area contributed by atoms with Crippen molar-refractivity contribution in [2.75, 3.05) is 40.1 Å². The Hall–Kier alpha value is -3.58. The lowest BCUT2D eigenvalue weighted by Crippen LogP contribution is -2.37. The van der Waals surface area contributed by atoms with Gasteiger partial charge in [0.25, 0.3) is 5.91 Å². The Bertz CT molecular complexity index is 1120. The van der Waals surface area contributed by atoms with Gasteiger partial charge in [0.05, 0.1) is 20.3 Å². The van der Waals surface area contributed by atoms with Crippen LogP contribution in [-0.4, -0.2) is 50.9 Å². The molecule has 0 fully saturated rings. The number of carbonyl (C=O) groups excluding carboxylic acids is 1. The number of rotatable bonds is 4. The number of halogens is 1. The first-order valence-corrected chi connectivity index (χ1v) is 11.2. The number of fused-ring (bicyclic) bond motifs is 3. The second kappa shape index (κ2) is 11.5. The van der Waals surface area contributed by atoms with Crippen molar-refractivity contribution in [3.05, 3.63) is 89.2 Å². The summed E-state index contributed by atoms with van der Waals surface area (Å²) in [6.45, 7) is 1.82. The van der Waals surface area contributed by atoms with Crippen LogP contribution < -0.4 is 14.2 Å². The van der Waals surface area contributed by atoms with E-state index in [-0.39, 0.29) is 18.3 Å². The molecule has 1 aliphatic heterocycles. The fourth-order valence-electron chi connectivity index (χ4n) is 3.81. The number of hydrogen-bond acceptors (Lipinski definition) is 5. The number of ether oxygens (including phenoxy) is 4. The molecule has 0 atom stereocenters. The van der Waals surface area contributed by atoms with Crippen LogP contribution in [-0.2, 0) is 22.5 Å². The number of hydrogen-bond donors (Lipinski definition) is 0. The third kappa shape index (κ3) is 6.48. The average Bonchev–Trinajstić information content (AvgIpc) is 2.85. The third-order valence-electron chi connectivity index (χ3n) is 5.53. The predicted octanol–water partition coefficient (Wildman–Crippen LogP) is 4.24. The summed E-state index contributed by atoms with van der Waals surface area (Å²) >= 11 is 0. The molecule has 0 radical (unpaired) electrons. The highest BCUT2D eigenvalue weighted by Gasteiger charge is 2.16. The minimum absolute atomic E-state index is 0.0946. The third-order valence-corrected chi connectivity index (χ3v) is 5.53. The largest absolute Gasteiger partial charge is 0.497 e. The van der Waals surface area contributed by atoms with Crippen molar-refractivity contribution < 1.29 is 28.1 Å². The molecule has 1 aliphatic rings. The number of carbonyl (C=O) groups is 1. The Morgan fingerprint density at radius 3 is 2.68 bits per heavy atom. The van der Waals surface area contributed by atoms with Crippen LogP contribution in [0.4, 0.5) is 4.39 Å². The van der Waals surface area contributed by atoms with Crippen molar-refractivity contribution in [1.29, 1.82) is 0 Å². The molecule has 0 saturated heterocycles. The predicted molar refractivity (Wildman–Crippen MR) is 126 cm³/mol. The van der Waals surface area contributed by atoms with E-state index in [9.17, 15) is 9.18 Å². The van der Waals surface area contributed by atoms with Gasteiger partial charge in [0, 0.05) is 31.1 Å². The number of nitrogens with zero attached hydrogens (tertiary/aromatic N) is 1. The maximum absolute atomic E-state index is 13.9. The van der Waals surface area contributed by atoms with Crippen molar-refractivity contribution in [3.8, 4) is 17.2 Å². The topological polar surface area (TPSA) is 57.2 Å². The molecule has 1 heterocycles. The lowest BCUT2D eigenvalue weighted by atomic mass is 10.0. The summed E-state index contributed by atoms with van der Waals surface area (Å²) in [5.74, 6) is 1.43. The zero-order chi connectivity index (χ0) is 23.8. The monoisotopic (exact) mass is 465 g/mol. The standard InChI is InChI=1S/C27H28FNO5/c1-31-24-6-3-7-25(17-24)34-19-27(30)29-10-11-32-12-13-33-26-9-8-23(28)16-22(26)15-20-4-2-5-21(14-20)18-29/h2-9,14,16-17H,10-13,15,18-19H2,1H3. The molecule has 0 aromatic heterocycles. The van der Waals surface area contributed by atoms with E-state index in [0.717, 1.165) is 16.7 Å². The molecule has 0 N–H and O–H groups in total. The Labute approximate surface area is 198 Å². The van der Waals surface area contributed by atoms with E-state index in [1.807, 2.05) is 36.4 Å². The lowest BCUT2D eigenvalue weighted by molar-refractivity contribution is -0.134. The van der Waals surface area contributed by atoms with Crippen LogP contribution in [0.15, 0.2) is 66.7 Å². The second-order valence-electron chi connectivity index (χ2n) is 7.99. The van der Waals surface area contributed by atoms with Gasteiger partial charge in [-0.2, -0.15) is 0 Å². The van der Waals surface area contributed by atoms with Crippen LogP contribution in [0.1, 0.15) is 16.7 Å². The van der Waals surface area contributed by atoms with Gasteiger partial charge in [-0.05, 0) is 41.5 Å². The summed E-state index contributed by atoms with van der Waals surface area (Å²) in [6.07, 6.45) is 0.523. The van der Waals surface area contributed by atoms with Gasteiger partial charge in [0.2, 0.25) is 0 Å². The number of amides is 1. The van der Waals surface area contributed by atoms with Crippen LogP contribution in [0.2, 0.25) is 0 Å². The molecule has 0 unspecified atom stereocenters. The maximum atomic E-state index is 13.9. The van der Waals surface area contributed by atoms with Crippen molar-refractivity contribution in [2.24, 2.45) is 0 Å². The summed E-state index contributed by atoms with van der Waals surface area (Å²) < 4.78 is 36.3. The van der Waals surface area contributed by atoms with Gasteiger partial charge in [0.1, 0.15) is 29.7 Å². The summed E-state index contributed by atoms with van der Waals surface area (Å²) in [5.41, 5.74) is 2.76. The zero-order valence-electron chi connectivity index (χ0n) is 19.2. The van der Waals surface area contributed by atoms with E-state index < -0.39 is 0 Å². The highest BCUT2D eigenvalue weighted by Crippen LogP contribution is 2.24. The summed E-state index contributed by atoms with van der Waals surface area (Å²) in [5, 5.41) is 0. The fourth-order valence-corrected chi connectivity index (χ4v) is 3.81. The Kier molecular flexibility index (Phi) is 7.99. The van der Waals surface area contributed by atoms with Gasteiger partial charge in [-0.3, -0.25) is 4.79 Å². The molecule has 0 saturated carbocycles. The lowest BCUT2D eigenvalue weighted by Gasteiger charge is -2.24. The van der Waals surface area contributed by atoms with Gasteiger partial charge < -0.3 is 23.8 Å². The fraction of sp³-hybridized carbons (Fsp3) is 0.296. The molecule has 2 bridgehead atoms. The molecule has 7 heteroatoms. The highest BCUT2D eigenvalue weighted by molar-refractivity contribution is 5.77. The van der Waals surface area contributed by atoms with E-state index in [2.05, 4.69) is 0 Å². The van der Waals surface area contributed by atoms with Gasteiger partial charge in [-0.1, -0.05) is 30.3 Å². The van der Waals surface area contributed by atoms with E-state index in [1.54, 1.807) is 30.2 Å². The second-order valence-corrected chi connectivity index (χ2v) is 7.99. The minimum Gasteiger partial charge on any atom is -0.497 e. The minimum atomic E-state index is -0.302. The normalized spacial score (nSPS) is 14.4. The zero-order valence-corrected chi connectivity index (χ0v) is 19.2. The van der Waals surface area contributed by atoms with Gasteiger partial charge in [-0.25, -0.2) is 4.39 Å². The average molecular weight is 466 g/mol. The van der Waals surface area contributed by atoms with Crippen LogP contribution in [0.25, 0.3) is 0 Å². The SMILES string of the molecule is COc1cccc(OCC(=O)N2CCOCCOc3ccc(F)cc3Cc3cccc(c3)C2)c1.